The fourth-order valence-corrected chi connectivity index (χ4v) is 3.01. The molecule has 0 fully saturated rings. The maximum absolute atomic E-state index is 12.8. The van der Waals surface area contributed by atoms with Crippen LogP contribution in [0, 0.1) is 6.92 Å². The molecule has 1 aliphatic heterocycles. The number of hydrogen-bond donors (Lipinski definition) is 2. The van der Waals surface area contributed by atoms with Gasteiger partial charge in [0.1, 0.15) is 5.75 Å². The van der Waals surface area contributed by atoms with Crippen molar-refractivity contribution in [3.63, 3.8) is 0 Å². The Hall–Kier alpha value is -3.32. The van der Waals surface area contributed by atoms with Gasteiger partial charge in [0.25, 0.3) is 17.4 Å². The van der Waals surface area contributed by atoms with Crippen LogP contribution in [-0.4, -0.2) is 27.2 Å². The van der Waals surface area contributed by atoms with E-state index in [2.05, 4.69) is 15.7 Å². The van der Waals surface area contributed by atoms with Gasteiger partial charge in [-0.05, 0) is 55.8 Å². The summed E-state index contributed by atoms with van der Waals surface area (Å²) in [6.45, 7) is 3.36. The van der Waals surface area contributed by atoms with Gasteiger partial charge in [-0.3, -0.25) is 9.59 Å². The summed E-state index contributed by atoms with van der Waals surface area (Å²) in [4.78, 5) is 25.3. The molecule has 1 aromatic heterocycles. The van der Waals surface area contributed by atoms with Crippen molar-refractivity contribution in [3.8, 4) is 11.4 Å². The Morgan fingerprint density at radius 3 is 2.68 bits per heavy atom. The van der Waals surface area contributed by atoms with Crippen molar-refractivity contribution in [3.05, 3.63) is 65.4 Å². The van der Waals surface area contributed by atoms with Crippen LogP contribution in [0.5, 0.6) is 5.75 Å². The second kappa shape index (κ2) is 6.69. The van der Waals surface area contributed by atoms with Crippen molar-refractivity contribution >= 4 is 34.8 Å². The van der Waals surface area contributed by atoms with Crippen LogP contribution in [0.2, 0.25) is 5.02 Å². The van der Waals surface area contributed by atoms with E-state index in [0.717, 1.165) is 11.3 Å². The number of benzene rings is 2. The molecule has 2 N–H and O–H groups in total. The monoisotopic (exact) mass is 396 g/mol. The zero-order chi connectivity index (χ0) is 19.9. The number of aryl methyl sites for hydroxylation is 1. The largest absolute Gasteiger partial charge is 0.466 e. The summed E-state index contributed by atoms with van der Waals surface area (Å²) in [5.74, 6) is -0.634. The maximum atomic E-state index is 12.8. The lowest BCUT2D eigenvalue weighted by Gasteiger charge is -2.33. The first-order chi connectivity index (χ1) is 13.3. The van der Waals surface area contributed by atoms with Crippen LogP contribution in [-0.2, 0) is 9.59 Å². The van der Waals surface area contributed by atoms with Crippen LogP contribution in [0.1, 0.15) is 12.5 Å². The zero-order valence-electron chi connectivity index (χ0n) is 15.2. The lowest BCUT2D eigenvalue weighted by Crippen LogP contribution is -2.56. The third kappa shape index (κ3) is 3.20. The molecule has 0 aliphatic carbocycles. The predicted molar refractivity (Wildman–Crippen MR) is 106 cm³/mol. The van der Waals surface area contributed by atoms with Crippen LogP contribution < -0.4 is 15.4 Å². The Bertz CT molecular complexity index is 1080. The number of amides is 2. The van der Waals surface area contributed by atoms with E-state index in [1.807, 2.05) is 13.0 Å². The summed E-state index contributed by atoms with van der Waals surface area (Å²) in [5.41, 5.74) is 1.16. The third-order valence-electron chi connectivity index (χ3n) is 4.50. The topological polar surface area (TPSA) is 85.3 Å². The van der Waals surface area contributed by atoms with Gasteiger partial charge >= 0.3 is 0 Å². The molecule has 0 saturated heterocycles. The molecule has 4 rings (SSSR count). The average molecular weight is 397 g/mol. The summed E-state index contributed by atoms with van der Waals surface area (Å²) in [5, 5.41) is 10.1. The Kier molecular flexibility index (Phi) is 4.31. The number of anilines is 2. The quantitative estimate of drug-likeness (QED) is 0.663. The SMILES string of the molecule is Cc1ccc2c(c1)NC(=O)C(C)(C(=O)Nc1ccc(-n3cc(Cl)cn3)cc1)O2. The molecule has 7 nitrogen and oxygen atoms in total. The molecule has 1 unspecified atom stereocenters. The molecule has 1 aliphatic rings. The zero-order valence-corrected chi connectivity index (χ0v) is 15.9. The fraction of sp³-hybridized carbons (Fsp3) is 0.150. The number of rotatable bonds is 3. The summed E-state index contributed by atoms with van der Waals surface area (Å²) in [6.07, 6.45) is 3.21. The summed E-state index contributed by atoms with van der Waals surface area (Å²) < 4.78 is 7.38. The molecule has 2 amide bonds. The van der Waals surface area contributed by atoms with E-state index >= 15 is 0 Å². The van der Waals surface area contributed by atoms with Crippen molar-refractivity contribution < 1.29 is 14.3 Å². The van der Waals surface area contributed by atoms with Crippen molar-refractivity contribution in [1.29, 1.82) is 0 Å². The van der Waals surface area contributed by atoms with Crippen LogP contribution in [0.4, 0.5) is 11.4 Å². The number of nitrogens with one attached hydrogen (secondary N) is 2. The molecule has 0 bridgehead atoms. The van der Waals surface area contributed by atoms with Gasteiger partial charge in [-0.25, -0.2) is 4.68 Å². The van der Waals surface area contributed by atoms with Gasteiger partial charge in [0.2, 0.25) is 0 Å². The highest BCUT2D eigenvalue weighted by atomic mass is 35.5. The van der Waals surface area contributed by atoms with Crippen LogP contribution in [0.3, 0.4) is 0 Å². The van der Waals surface area contributed by atoms with E-state index in [9.17, 15) is 9.59 Å². The second-order valence-electron chi connectivity index (χ2n) is 6.69. The highest BCUT2D eigenvalue weighted by molar-refractivity contribution is 6.30. The number of halogens is 1. The van der Waals surface area contributed by atoms with E-state index in [1.54, 1.807) is 47.3 Å². The molecule has 3 aromatic rings. The van der Waals surface area contributed by atoms with Gasteiger partial charge in [0.05, 0.1) is 22.6 Å². The van der Waals surface area contributed by atoms with E-state index in [0.29, 0.717) is 22.1 Å². The Labute approximate surface area is 166 Å². The summed E-state index contributed by atoms with van der Waals surface area (Å²) >= 11 is 5.88. The molecular formula is C20H17ClN4O3. The highest BCUT2D eigenvalue weighted by Crippen LogP contribution is 2.34. The Balaban J connectivity index is 1.53. The van der Waals surface area contributed by atoms with Crippen molar-refractivity contribution in [2.24, 2.45) is 0 Å². The van der Waals surface area contributed by atoms with Gasteiger partial charge in [-0.1, -0.05) is 17.7 Å². The smallest absolute Gasteiger partial charge is 0.278 e. The van der Waals surface area contributed by atoms with Crippen LogP contribution in [0.15, 0.2) is 54.9 Å². The molecule has 2 aromatic carbocycles. The van der Waals surface area contributed by atoms with E-state index < -0.39 is 17.4 Å². The third-order valence-corrected chi connectivity index (χ3v) is 4.70. The van der Waals surface area contributed by atoms with E-state index in [1.165, 1.54) is 13.1 Å². The second-order valence-corrected chi connectivity index (χ2v) is 7.13. The summed E-state index contributed by atoms with van der Waals surface area (Å²) in [7, 11) is 0. The molecule has 142 valence electrons. The standard InChI is InChI=1S/C20H17ClN4O3/c1-12-3-8-17-16(9-12)24-19(27)20(2,28-17)18(26)23-14-4-6-15(7-5-14)25-11-13(21)10-22-25/h3-11H,1-2H3,(H,23,26)(H,24,27). The van der Waals surface area contributed by atoms with Crippen molar-refractivity contribution in [2.75, 3.05) is 10.6 Å². The van der Waals surface area contributed by atoms with E-state index in [-0.39, 0.29) is 0 Å². The molecular weight excluding hydrogens is 380 g/mol. The molecule has 1 atom stereocenters. The minimum Gasteiger partial charge on any atom is -0.466 e. The van der Waals surface area contributed by atoms with Gasteiger partial charge in [0, 0.05) is 11.9 Å². The number of nitrogens with zero attached hydrogens (tertiary/aromatic N) is 2. The minimum absolute atomic E-state index is 0.453. The number of hydrogen-bond acceptors (Lipinski definition) is 4. The number of fused-ring (bicyclic) bond motifs is 1. The molecule has 28 heavy (non-hydrogen) atoms. The van der Waals surface area contributed by atoms with Gasteiger partial charge in [-0.2, -0.15) is 5.10 Å². The normalized spacial score (nSPS) is 18.0. The Morgan fingerprint density at radius 2 is 2.00 bits per heavy atom. The average Bonchev–Trinajstić information content (AvgIpc) is 3.10. The first kappa shape index (κ1) is 18.1. The molecule has 0 saturated carbocycles. The predicted octanol–water partition coefficient (Wildman–Crippen LogP) is 3.56. The molecule has 0 radical (unpaired) electrons. The number of carbonyl (C=O) groups is 2. The highest BCUT2D eigenvalue weighted by Gasteiger charge is 2.47. The Morgan fingerprint density at radius 1 is 1.25 bits per heavy atom. The fourth-order valence-electron chi connectivity index (χ4n) is 2.88. The lowest BCUT2D eigenvalue weighted by atomic mass is 10.0. The number of carbonyl (C=O) groups excluding carboxylic acids is 2. The minimum atomic E-state index is -1.68. The van der Waals surface area contributed by atoms with Gasteiger partial charge < -0.3 is 15.4 Å². The van der Waals surface area contributed by atoms with Gasteiger partial charge in [-0.15, -0.1) is 0 Å². The summed E-state index contributed by atoms with van der Waals surface area (Å²) in [6, 6.07) is 12.4. The van der Waals surface area contributed by atoms with Crippen molar-refractivity contribution in [1.82, 2.24) is 9.78 Å². The number of ether oxygens (including phenoxy) is 1. The molecule has 2 heterocycles. The van der Waals surface area contributed by atoms with E-state index in [4.69, 9.17) is 16.3 Å². The first-order valence-electron chi connectivity index (χ1n) is 8.58. The maximum Gasteiger partial charge on any atom is 0.278 e. The molecule has 8 heteroatoms. The van der Waals surface area contributed by atoms with Crippen LogP contribution >= 0.6 is 11.6 Å². The molecule has 0 spiro atoms. The first-order valence-corrected chi connectivity index (χ1v) is 8.96. The lowest BCUT2D eigenvalue weighted by molar-refractivity contribution is -0.143. The van der Waals surface area contributed by atoms with Gasteiger partial charge in [0.15, 0.2) is 0 Å². The number of aromatic nitrogens is 2. The van der Waals surface area contributed by atoms with Crippen molar-refractivity contribution in [2.45, 2.75) is 19.4 Å². The van der Waals surface area contributed by atoms with Crippen LogP contribution in [0.25, 0.3) is 5.69 Å².